The van der Waals surface area contributed by atoms with Crippen molar-refractivity contribution in [1.29, 1.82) is 0 Å². The molecule has 0 radical (unpaired) electrons. The molecule has 0 aliphatic heterocycles. The summed E-state index contributed by atoms with van der Waals surface area (Å²) in [6.07, 6.45) is 1.07. The Hall–Kier alpha value is -2.25. The summed E-state index contributed by atoms with van der Waals surface area (Å²) in [6.45, 7) is 1.85. The summed E-state index contributed by atoms with van der Waals surface area (Å²) in [7, 11) is -0.504. The Balaban J connectivity index is 2.29. The summed E-state index contributed by atoms with van der Waals surface area (Å²) in [5.74, 6) is 0.325. The monoisotopic (exact) mass is 410 g/mol. The normalized spacial score (nSPS) is 12.3. The number of halogens is 1. The number of para-hydroxylation sites is 1. The third kappa shape index (κ3) is 5.14. The quantitative estimate of drug-likeness (QED) is 0.703. The highest BCUT2D eigenvalue weighted by molar-refractivity contribution is 7.92. The van der Waals surface area contributed by atoms with E-state index in [0.717, 1.165) is 16.1 Å². The van der Waals surface area contributed by atoms with E-state index >= 15 is 0 Å². The van der Waals surface area contributed by atoms with Crippen molar-refractivity contribution in [2.45, 2.75) is 19.5 Å². The number of rotatable bonds is 7. The van der Waals surface area contributed by atoms with Crippen LogP contribution in [0.4, 0.5) is 5.69 Å². The molecule has 0 saturated heterocycles. The van der Waals surface area contributed by atoms with Gasteiger partial charge in [-0.2, -0.15) is 0 Å². The van der Waals surface area contributed by atoms with E-state index in [-0.39, 0.29) is 5.91 Å². The minimum absolute atomic E-state index is 0.292. The predicted molar refractivity (Wildman–Crippen MR) is 108 cm³/mol. The molecule has 0 fully saturated rings. The number of benzene rings is 2. The van der Waals surface area contributed by atoms with Gasteiger partial charge in [0.1, 0.15) is 11.8 Å². The van der Waals surface area contributed by atoms with Gasteiger partial charge in [0.2, 0.25) is 15.9 Å². The lowest BCUT2D eigenvalue weighted by Crippen LogP contribution is -2.48. The van der Waals surface area contributed by atoms with Crippen LogP contribution in [0, 0.1) is 0 Å². The summed E-state index contributed by atoms with van der Waals surface area (Å²) in [5.41, 5.74) is 1.17. The largest absolute Gasteiger partial charge is 0.496 e. The van der Waals surface area contributed by atoms with Gasteiger partial charge in [0.05, 0.1) is 19.1 Å². The van der Waals surface area contributed by atoms with E-state index < -0.39 is 16.1 Å². The molecule has 2 aromatic rings. The fourth-order valence-corrected chi connectivity index (χ4v) is 4.25. The first-order chi connectivity index (χ1) is 12.6. The lowest BCUT2D eigenvalue weighted by atomic mass is 10.1. The fraction of sp³-hybridized carbons (Fsp3) is 0.316. The van der Waals surface area contributed by atoms with Gasteiger partial charge in [-0.05, 0) is 31.2 Å². The standard InChI is InChI=1S/C19H23ClN2O4S/c1-14(22(27(4,24)25)17-10-7-9-16(20)12-17)19(23)21(2)13-15-8-5-6-11-18(15)26-3/h5-12,14H,13H2,1-4H3/t14-/m0/s1. The lowest BCUT2D eigenvalue weighted by molar-refractivity contribution is -0.131. The maximum Gasteiger partial charge on any atom is 0.246 e. The Kier molecular flexibility index (Phi) is 6.73. The maximum atomic E-state index is 12.9. The van der Waals surface area contributed by atoms with Gasteiger partial charge in [0.15, 0.2) is 0 Å². The van der Waals surface area contributed by atoms with E-state index in [1.165, 1.54) is 11.0 Å². The average molecular weight is 411 g/mol. The van der Waals surface area contributed by atoms with Gasteiger partial charge in [-0.1, -0.05) is 35.9 Å². The molecule has 0 aliphatic carbocycles. The number of carbonyl (C=O) groups excluding carboxylic acids is 1. The van der Waals surface area contributed by atoms with E-state index in [9.17, 15) is 13.2 Å². The zero-order chi connectivity index (χ0) is 20.2. The van der Waals surface area contributed by atoms with Crippen LogP contribution in [0.2, 0.25) is 5.02 Å². The van der Waals surface area contributed by atoms with Crippen molar-refractivity contribution in [3.05, 3.63) is 59.1 Å². The van der Waals surface area contributed by atoms with Crippen LogP contribution >= 0.6 is 11.6 Å². The minimum Gasteiger partial charge on any atom is -0.496 e. The molecular weight excluding hydrogens is 388 g/mol. The third-order valence-corrected chi connectivity index (χ3v) is 5.58. The highest BCUT2D eigenvalue weighted by Gasteiger charge is 2.31. The molecular formula is C19H23ClN2O4S. The number of amides is 1. The zero-order valence-corrected chi connectivity index (χ0v) is 17.3. The molecule has 27 heavy (non-hydrogen) atoms. The second kappa shape index (κ2) is 8.63. The Morgan fingerprint density at radius 2 is 1.85 bits per heavy atom. The van der Waals surface area contributed by atoms with Crippen molar-refractivity contribution in [1.82, 2.24) is 4.90 Å². The number of hydrogen-bond acceptors (Lipinski definition) is 4. The highest BCUT2D eigenvalue weighted by Crippen LogP contribution is 2.25. The summed E-state index contributed by atoms with van der Waals surface area (Å²) in [4.78, 5) is 14.4. The number of sulfonamides is 1. The van der Waals surface area contributed by atoms with Crippen LogP contribution in [-0.2, 0) is 21.4 Å². The molecule has 0 aromatic heterocycles. The lowest BCUT2D eigenvalue weighted by Gasteiger charge is -2.31. The van der Waals surface area contributed by atoms with Crippen LogP contribution in [-0.4, -0.2) is 45.7 Å². The van der Waals surface area contributed by atoms with Crippen LogP contribution in [0.25, 0.3) is 0 Å². The smallest absolute Gasteiger partial charge is 0.246 e. The Morgan fingerprint density at radius 1 is 1.19 bits per heavy atom. The predicted octanol–water partition coefficient (Wildman–Crippen LogP) is 3.16. The molecule has 0 N–H and O–H groups in total. The molecule has 146 valence electrons. The second-order valence-electron chi connectivity index (χ2n) is 6.22. The SMILES string of the molecule is COc1ccccc1CN(C)C(=O)[C@H](C)N(c1cccc(Cl)c1)S(C)(=O)=O. The van der Waals surface area contributed by atoms with Gasteiger partial charge in [0, 0.05) is 24.2 Å². The summed E-state index contributed by atoms with van der Waals surface area (Å²) >= 11 is 6.00. The summed E-state index contributed by atoms with van der Waals surface area (Å²) in [6, 6.07) is 12.9. The first-order valence-corrected chi connectivity index (χ1v) is 10.5. The van der Waals surface area contributed by atoms with Crippen LogP contribution in [0.5, 0.6) is 5.75 Å². The van der Waals surface area contributed by atoms with E-state index in [4.69, 9.17) is 16.3 Å². The van der Waals surface area contributed by atoms with E-state index in [1.54, 1.807) is 39.3 Å². The molecule has 2 aromatic carbocycles. The fourth-order valence-electron chi connectivity index (χ4n) is 2.90. The third-order valence-electron chi connectivity index (χ3n) is 4.11. The molecule has 0 unspecified atom stereocenters. The molecule has 0 heterocycles. The first-order valence-electron chi connectivity index (χ1n) is 8.27. The van der Waals surface area contributed by atoms with Crippen molar-refractivity contribution in [2.75, 3.05) is 24.7 Å². The molecule has 1 atom stereocenters. The molecule has 0 aliphatic rings. The topological polar surface area (TPSA) is 66.9 Å². The average Bonchev–Trinajstić information content (AvgIpc) is 2.60. The van der Waals surface area contributed by atoms with Crippen LogP contribution < -0.4 is 9.04 Å². The van der Waals surface area contributed by atoms with Gasteiger partial charge in [-0.3, -0.25) is 9.10 Å². The van der Waals surface area contributed by atoms with E-state index in [1.807, 2.05) is 24.3 Å². The summed E-state index contributed by atoms with van der Waals surface area (Å²) in [5, 5.41) is 0.392. The number of hydrogen-bond donors (Lipinski definition) is 0. The second-order valence-corrected chi connectivity index (χ2v) is 8.52. The molecule has 0 bridgehead atoms. The van der Waals surface area contributed by atoms with Gasteiger partial charge >= 0.3 is 0 Å². The van der Waals surface area contributed by atoms with Crippen molar-refractivity contribution in [3.63, 3.8) is 0 Å². The number of nitrogens with zero attached hydrogens (tertiary/aromatic N) is 2. The molecule has 8 heteroatoms. The molecule has 1 amide bonds. The van der Waals surface area contributed by atoms with Crippen LogP contribution in [0.3, 0.4) is 0 Å². The van der Waals surface area contributed by atoms with Gasteiger partial charge in [0.25, 0.3) is 0 Å². The molecule has 2 rings (SSSR count). The first kappa shape index (κ1) is 21.1. The zero-order valence-electron chi connectivity index (χ0n) is 15.7. The molecule has 6 nitrogen and oxygen atoms in total. The molecule has 0 spiro atoms. The van der Waals surface area contributed by atoms with Gasteiger partial charge in [-0.15, -0.1) is 0 Å². The Morgan fingerprint density at radius 3 is 2.44 bits per heavy atom. The van der Waals surface area contributed by atoms with E-state index in [0.29, 0.717) is 23.0 Å². The van der Waals surface area contributed by atoms with Crippen molar-refractivity contribution >= 4 is 33.2 Å². The van der Waals surface area contributed by atoms with Crippen LogP contribution in [0.15, 0.2) is 48.5 Å². The van der Waals surface area contributed by atoms with Crippen molar-refractivity contribution in [2.24, 2.45) is 0 Å². The van der Waals surface area contributed by atoms with Crippen molar-refractivity contribution in [3.8, 4) is 5.75 Å². The van der Waals surface area contributed by atoms with Crippen molar-refractivity contribution < 1.29 is 17.9 Å². The molecule has 0 saturated carbocycles. The summed E-state index contributed by atoms with van der Waals surface area (Å²) < 4.78 is 31.1. The van der Waals surface area contributed by atoms with Gasteiger partial charge < -0.3 is 9.64 Å². The van der Waals surface area contributed by atoms with E-state index in [2.05, 4.69) is 0 Å². The maximum absolute atomic E-state index is 12.9. The Labute approximate surface area is 165 Å². The number of likely N-dealkylation sites (N-methyl/N-ethyl adjacent to an activating group) is 1. The number of methoxy groups -OCH3 is 1. The Bertz CT molecular complexity index is 917. The number of carbonyl (C=O) groups is 1. The van der Waals surface area contributed by atoms with Gasteiger partial charge in [-0.25, -0.2) is 8.42 Å². The number of anilines is 1. The van der Waals surface area contributed by atoms with Crippen LogP contribution in [0.1, 0.15) is 12.5 Å². The highest BCUT2D eigenvalue weighted by atomic mass is 35.5. The minimum atomic E-state index is -3.70. The number of ether oxygens (including phenoxy) is 1.